The molecule has 1 aliphatic rings. The monoisotopic (exact) mass is 271 g/mol. The highest BCUT2D eigenvalue weighted by Crippen LogP contribution is 2.39. The Morgan fingerprint density at radius 2 is 2.20 bits per heavy atom. The van der Waals surface area contributed by atoms with Crippen molar-refractivity contribution in [2.24, 2.45) is 5.92 Å². The number of imidazole rings is 1. The zero-order valence-corrected chi connectivity index (χ0v) is 11.5. The van der Waals surface area contributed by atoms with Gasteiger partial charge in [-0.2, -0.15) is 0 Å². The number of benzene rings is 1. The summed E-state index contributed by atoms with van der Waals surface area (Å²) < 4.78 is 1.63. The molecule has 5 heteroatoms. The van der Waals surface area contributed by atoms with Crippen LogP contribution in [0.5, 0.6) is 6.01 Å². The van der Waals surface area contributed by atoms with E-state index in [1.165, 1.54) is 0 Å². The third kappa shape index (κ3) is 1.78. The van der Waals surface area contributed by atoms with Crippen LogP contribution in [-0.4, -0.2) is 20.6 Å². The number of amides is 1. The zero-order chi connectivity index (χ0) is 14.3. The Morgan fingerprint density at radius 1 is 1.45 bits per heavy atom. The second-order valence-electron chi connectivity index (χ2n) is 5.18. The summed E-state index contributed by atoms with van der Waals surface area (Å²) in [5, 5.41) is 13.0. The van der Waals surface area contributed by atoms with Gasteiger partial charge in [0.05, 0.1) is 17.6 Å². The van der Waals surface area contributed by atoms with Crippen LogP contribution in [0, 0.1) is 5.92 Å². The Morgan fingerprint density at radius 3 is 2.95 bits per heavy atom. The summed E-state index contributed by atoms with van der Waals surface area (Å²) in [5.41, 5.74) is 2.39. The normalized spacial score (nSPS) is 18.7. The summed E-state index contributed by atoms with van der Waals surface area (Å²) in [6.07, 6.45) is 2.45. The maximum Gasteiger partial charge on any atom is 0.294 e. The number of fused-ring (bicyclic) bond motifs is 3. The van der Waals surface area contributed by atoms with Gasteiger partial charge in [0.15, 0.2) is 0 Å². The van der Waals surface area contributed by atoms with Gasteiger partial charge in [0.1, 0.15) is 6.04 Å². The molecule has 1 aromatic heterocycles. The van der Waals surface area contributed by atoms with Crippen LogP contribution >= 0.6 is 0 Å². The smallest absolute Gasteiger partial charge is 0.294 e. The lowest BCUT2D eigenvalue weighted by atomic mass is 9.98. The highest BCUT2D eigenvalue weighted by atomic mass is 16.3. The van der Waals surface area contributed by atoms with Crippen LogP contribution in [0.1, 0.15) is 26.3 Å². The number of aromatic hydroxyl groups is 1. The highest BCUT2D eigenvalue weighted by molar-refractivity contribution is 5.99. The number of carbonyl (C=O) groups excluding carboxylic acids is 1. The molecule has 0 fully saturated rings. The van der Waals surface area contributed by atoms with E-state index in [4.69, 9.17) is 0 Å². The first-order chi connectivity index (χ1) is 9.63. The van der Waals surface area contributed by atoms with Gasteiger partial charge in [0.2, 0.25) is 5.91 Å². The zero-order valence-electron chi connectivity index (χ0n) is 11.5. The van der Waals surface area contributed by atoms with Gasteiger partial charge >= 0.3 is 0 Å². The maximum atomic E-state index is 12.5. The molecule has 0 radical (unpaired) electrons. The number of nitrogens with zero attached hydrogens (tertiary/aromatic N) is 2. The van der Waals surface area contributed by atoms with E-state index in [-0.39, 0.29) is 17.8 Å². The molecule has 0 spiro atoms. The molecule has 20 heavy (non-hydrogen) atoms. The number of para-hydroxylation sites is 1. The molecule has 0 saturated heterocycles. The number of anilines is 1. The summed E-state index contributed by atoms with van der Waals surface area (Å²) in [4.78, 5) is 16.5. The fourth-order valence-electron chi connectivity index (χ4n) is 2.70. The fraction of sp³-hybridized carbons (Fsp3) is 0.333. The molecule has 1 amide bonds. The van der Waals surface area contributed by atoms with Crippen LogP contribution in [0.3, 0.4) is 0 Å². The standard InChI is InChI=1S/C15H17N3O2/c1-3-9(2)13-14(19)17-11-7-5-4-6-10(11)12-8-16-15(20)18(12)13/h4-9,13H,3H2,1-2H3,(H,16,20)(H,17,19). The van der Waals surface area contributed by atoms with Gasteiger partial charge in [-0.05, 0) is 12.0 Å². The molecule has 2 atom stereocenters. The number of aromatic nitrogens is 2. The van der Waals surface area contributed by atoms with Gasteiger partial charge in [-0.25, -0.2) is 4.98 Å². The molecule has 0 aliphatic carbocycles. The Bertz CT molecular complexity index is 663. The quantitative estimate of drug-likeness (QED) is 0.882. The van der Waals surface area contributed by atoms with Crippen LogP contribution in [0.15, 0.2) is 30.5 Å². The predicted octanol–water partition coefficient (Wildman–Crippen LogP) is 2.80. The van der Waals surface area contributed by atoms with Crippen LogP contribution in [-0.2, 0) is 4.79 Å². The van der Waals surface area contributed by atoms with Crippen molar-refractivity contribution in [2.45, 2.75) is 26.3 Å². The maximum absolute atomic E-state index is 12.5. The van der Waals surface area contributed by atoms with E-state index in [1.54, 1.807) is 10.8 Å². The molecule has 2 heterocycles. The van der Waals surface area contributed by atoms with E-state index in [0.717, 1.165) is 23.4 Å². The first-order valence-electron chi connectivity index (χ1n) is 6.80. The molecule has 104 valence electrons. The van der Waals surface area contributed by atoms with Crippen molar-refractivity contribution in [1.82, 2.24) is 9.55 Å². The lowest BCUT2D eigenvalue weighted by Gasteiger charge is -2.23. The van der Waals surface area contributed by atoms with Crippen molar-refractivity contribution in [2.75, 3.05) is 5.32 Å². The molecule has 3 rings (SSSR count). The van der Waals surface area contributed by atoms with Gasteiger partial charge in [0.25, 0.3) is 6.01 Å². The average molecular weight is 271 g/mol. The average Bonchev–Trinajstić information content (AvgIpc) is 2.75. The highest BCUT2D eigenvalue weighted by Gasteiger charge is 2.33. The van der Waals surface area contributed by atoms with Gasteiger partial charge in [-0.1, -0.05) is 38.5 Å². The summed E-state index contributed by atoms with van der Waals surface area (Å²) >= 11 is 0. The number of carbonyl (C=O) groups is 1. The van der Waals surface area contributed by atoms with Crippen molar-refractivity contribution < 1.29 is 9.90 Å². The SMILES string of the molecule is CCC(C)C1C(=O)Nc2ccccc2-c2cnc(O)n21. The topological polar surface area (TPSA) is 67.2 Å². The van der Waals surface area contributed by atoms with E-state index in [0.29, 0.717) is 0 Å². The predicted molar refractivity (Wildman–Crippen MR) is 76.4 cm³/mol. The Labute approximate surface area is 117 Å². The van der Waals surface area contributed by atoms with Crippen LogP contribution in [0.4, 0.5) is 5.69 Å². The van der Waals surface area contributed by atoms with Crippen molar-refractivity contribution in [3.63, 3.8) is 0 Å². The molecule has 0 saturated carbocycles. The molecular weight excluding hydrogens is 254 g/mol. The summed E-state index contributed by atoms with van der Waals surface area (Å²) in [5.74, 6) is -0.0120. The molecule has 2 unspecified atom stereocenters. The van der Waals surface area contributed by atoms with Gasteiger partial charge < -0.3 is 10.4 Å². The number of rotatable bonds is 2. The van der Waals surface area contributed by atoms with E-state index < -0.39 is 6.04 Å². The minimum atomic E-state index is -0.454. The summed E-state index contributed by atoms with van der Waals surface area (Å²) in [6, 6.07) is 7.00. The van der Waals surface area contributed by atoms with Gasteiger partial charge in [0, 0.05) is 5.56 Å². The molecule has 5 nitrogen and oxygen atoms in total. The van der Waals surface area contributed by atoms with E-state index in [9.17, 15) is 9.90 Å². The summed E-state index contributed by atoms with van der Waals surface area (Å²) in [6.45, 7) is 4.03. The van der Waals surface area contributed by atoms with E-state index in [2.05, 4.69) is 10.3 Å². The van der Waals surface area contributed by atoms with E-state index >= 15 is 0 Å². The minimum absolute atomic E-state index is 0.100. The first-order valence-corrected chi connectivity index (χ1v) is 6.80. The molecular formula is C15H17N3O2. The third-order valence-corrected chi connectivity index (χ3v) is 3.97. The van der Waals surface area contributed by atoms with Crippen molar-refractivity contribution in [3.8, 4) is 17.3 Å². The molecule has 1 aromatic carbocycles. The van der Waals surface area contributed by atoms with Crippen LogP contribution in [0.25, 0.3) is 11.3 Å². The fourth-order valence-corrected chi connectivity index (χ4v) is 2.70. The molecule has 2 aromatic rings. The number of nitrogens with one attached hydrogen (secondary N) is 1. The summed E-state index contributed by atoms with van der Waals surface area (Å²) in [7, 11) is 0. The number of hydrogen-bond acceptors (Lipinski definition) is 3. The second-order valence-corrected chi connectivity index (χ2v) is 5.18. The van der Waals surface area contributed by atoms with Gasteiger partial charge in [-0.3, -0.25) is 9.36 Å². The van der Waals surface area contributed by atoms with Crippen molar-refractivity contribution in [1.29, 1.82) is 0 Å². The molecule has 1 aliphatic heterocycles. The first kappa shape index (κ1) is 12.7. The lowest BCUT2D eigenvalue weighted by Crippen LogP contribution is -2.29. The van der Waals surface area contributed by atoms with Crippen molar-refractivity contribution >= 4 is 11.6 Å². The Balaban J connectivity index is 2.25. The van der Waals surface area contributed by atoms with Crippen LogP contribution < -0.4 is 5.32 Å². The lowest BCUT2D eigenvalue weighted by molar-refractivity contribution is -0.120. The van der Waals surface area contributed by atoms with Crippen molar-refractivity contribution in [3.05, 3.63) is 30.5 Å². The van der Waals surface area contributed by atoms with E-state index in [1.807, 2.05) is 38.1 Å². The van der Waals surface area contributed by atoms with Crippen LogP contribution in [0.2, 0.25) is 0 Å². The molecule has 2 N–H and O–H groups in total. The second kappa shape index (κ2) is 4.67. The largest absolute Gasteiger partial charge is 0.480 e. The third-order valence-electron chi connectivity index (χ3n) is 3.97. The van der Waals surface area contributed by atoms with Gasteiger partial charge in [-0.15, -0.1) is 0 Å². The minimum Gasteiger partial charge on any atom is -0.480 e. The molecule has 0 bridgehead atoms. The number of hydrogen-bond donors (Lipinski definition) is 2. The Kier molecular flexibility index (Phi) is 2.97. The Hall–Kier alpha value is -2.30.